The molecule has 2 atom stereocenters. The van der Waals surface area contributed by atoms with Gasteiger partial charge in [-0.2, -0.15) is 0 Å². The van der Waals surface area contributed by atoms with Crippen LogP contribution < -0.4 is 4.57 Å². The van der Waals surface area contributed by atoms with E-state index in [0.29, 0.717) is 0 Å². The molecule has 0 amide bonds. The first-order valence-corrected chi connectivity index (χ1v) is 11.3. The summed E-state index contributed by atoms with van der Waals surface area (Å²) in [5.41, 5.74) is 1.06. The molecule has 1 aromatic heterocycles. The zero-order valence-electron chi connectivity index (χ0n) is 13.1. The van der Waals surface area contributed by atoms with Gasteiger partial charge in [-0.1, -0.05) is 26.2 Å². The van der Waals surface area contributed by atoms with Gasteiger partial charge < -0.3 is 14.7 Å². The molecule has 1 aromatic rings. The molecule has 0 aliphatic carbocycles. The molecule has 0 bridgehead atoms. The number of nitrogens with zero attached hydrogens (tertiary/aromatic N) is 1. The summed E-state index contributed by atoms with van der Waals surface area (Å²) in [5.74, 6) is 0. The molecule has 0 aliphatic rings. The van der Waals surface area contributed by atoms with E-state index >= 15 is 0 Å². The first-order chi connectivity index (χ1) is 10.1. The van der Waals surface area contributed by atoms with Crippen molar-refractivity contribution in [2.75, 3.05) is 6.66 Å². The van der Waals surface area contributed by atoms with E-state index in [1.165, 1.54) is 12.8 Å². The zero-order chi connectivity index (χ0) is 16.8. The van der Waals surface area contributed by atoms with Gasteiger partial charge in [-0.15, -0.1) is 0 Å². The molecule has 2 unspecified atom stereocenters. The van der Waals surface area contributed by atoms with Crippen molar-refractivity contribution in [2.24, 2.45) is 0 Å². The van der Waals surface area contributed by atoms with Crippen LogP contribution in [-0.2, 0) is 22.1 Å². The van der Waals surface area contributed by atoms with E-state index in [1.54, 1.807) is 23.0 Å². The summed E-state index contributed by atoms with van der Waals surface area (Å²) in [6.07, 6.45) is 8.92. The Labute approximate surface area is 131 Å². The van der Waals surface area contributed by atoms with Gasteiger partial charge in [0.2, 0.25) is 7.37 Å². The predicted molar refractivity (Wildman–Crippen MR) is 86.1 cm³/mol. The van der Waals surface area contributed by atoms with Crippen LogP contribution in [0.25, 0.3) is 0 Å². The van der Waals surface area contributed by atoms with E-state index in [9.17, 15) is 23.8 Å². The van der Waals surface area contributed by atoms with Crippen LogP contribution in [0.3, 0.4) is 0 Å². The van der Waals surface area contributed by atoms with E-state index in [2.05, 4.69) is 6.92 Å². The number of hydrogen-bond donors (Lipinski definition) is 3. The molecular formula is C14H26NO5P2+. The molecule has 0 saturated heterocycles. The lowest BCUT2D eigenvalue weighted by atomic mass is 10.1. The van der Waals surface area contributed by atoms with Gasteiger partial charge >= 0.3 is 7.60 Å². The molecule has 0 aliphatic heterocycles. The van der Waals surface area contributed by atoms with Crippen LogP contribution in [0.1, 0.15) is 38.2 Å². The van der Waals surface area contributed by atoms with E-state index in [1.807, 2.05) is 6.07 Å². The number of unbranched alkanes of at least 4 members (excludes halogenated alkanes) is 3. The maximum atomic E-state index is 11.7. The highest BCUT2D eigenvalue weighted by Crippen LogP contribution is 2.60. The molecule has 0 spiro atoms. The van der Waals surface area contributed by atoms with Crippen LogP contribution >= 0.6 is 15.0 Å². The highest BCUT2D eigenvalue weighted by atomic mass is 31.2. The molecule has 6 nitrogen and oxygen atoms in total. The summed E-state index contributed by atoms with van der Waals surface area (Å²) in [6.45, 7) is 2.97. The van der Waals surface area contributed by atoms with Crippen molar-refractivity contribution in [3.05, 3.63) is 30.1 Å². The predicted octanol–water partition coefficient (Wildman–Crippen LogP) is 2.50. The fraction of sp³-hybridized carbons (Fsp3) is 0.643. The lowest BCUT2D eigenvalue weighted by molar-refractivity contribution is -0.694. The smallest absolute Gasteiger partial charge is 0.344 e. The van der Waals surface area contributed by atoms with Gasteiger partial charge in [0.25, 0.3) is 0 Å². The molecule has 0 fully saturated rings. The van der Waals surface area contributed by atoms with Crippen LogP contribution in [0.2, 0.25) is 0 Å². The molecule has 0 aromatic carbocycles. The summed E-state index contributed by atoms with van der Waals surface area (Å²) in [6, 6.07) is 3.75. The monoisotopic (exact) mass is 350 g/mol. The zero-order valence-corrected chi connectivity index (χ0v) is 14.9. The third-order valence-electron chi connectivity index (χ3n) is 3.55. The second kappa shape index (κ2) is 8.37. The highest BCUT2D eigenvalue weighted by molar-refractivity contribution is 7.73. The van der Waals surface area contributed by atoms with Crippen LogP contribution in [0.4, 0.5) is 0 Å². The molecule has 0 saturated carbocycles. The summed E-state index contributed by atoms with van der Waals surface area (Å²) < 4.78 is 24.8. The van der Waals surface area contributed by atoms with E-state index in [-0.39, 0.29) is 6.54 Å². The third kappa shape index (κ3) is 6.72. The molecule has 126 valence electrons. The molecule has 3 N–H and O–H groups in total. The average Bonchev–Trinajstić information content (AvgIpc) is 2.39. The molecule has 1 rings (SSSR count). The van der Waals surface area contributed by atoms with Crippen molar-refractivity contribution >= 4 is 15.0 Å². The lowest BCUT2D eigenvalue weighted by Gasteiger charge is -2.18. The highest BCUT2D eigenvalue weighted by Gasteiger charge is 2.43. The van der Waals surface area contributed by atoms with Crippen LogP contribution in [0.15, 0.2) is 24.5 Å². The Hall–Kier alpha value is -0.510. The van der Waals surface area contributed by atoms with Gasteiger partial charge in [0.05, 0.1) is 0 Å². The van der Waals surface area contributed by atoms with Crippen LogP contribution in [0, 0.1) is 0 Å². The standard InChI is InChI=1S/C14H25NO5P2/c1-3-4-5-6-8-13-9-7-10-15(11-13)12-14(21(2,16)17)22(18,19)20/h7,9-11,14H,3-6,8,12H2,1-2H3,(H2-,16,17,18,19,20)/p+1. The normalized spacial score (nSPS) is 16.2. The summed E-state index contributed by atoms with van der Waals surface area (Å²) in [5, 5.41) is -1.57. The van der Waals surface area contributed by atoms with E-state index in [4.69, 9.17) is 0 Å². The molecular weight excluding hydrogens is 324 g/mol. The second-order valence-electron chi connectivity index (χ2n) is 5.73. The Morgan fingerprint density at radius 3 is 2.41 bits per heavy atom. The lowest BCUT2D eigenvalue weighted by Crippen LogP contribution is -2.39. The number of pyridine rings is 1. The molecule has 22 heavy (non-hydrogen) atoms. The summed E-state index contributed by atoms with van der Waals surface area (Å²) in [7, 11) is -8.53. The van der Waals surface area contributed by atoms with Gasteiger partial charge in [0.1, 0.15) is 0 Å². The molecule has 0 radical (unpaired) electrons. The number of rotatable bonds is 9. The Morgan fingerprint density at radius 2 is 1.86 bits per heavy atom. The maximum Gasteiger partial charge on any atom is 0.344 e. The van der Waals surface area contributed by atoms with Crippen molar-refractivity contribution in [3.63, 3.8) is 0 Å². The first kappa shape index (κ1) is 19.5. The fourth-order valence-corrected chi connectivity index (χ4v) is 5.44. The van der Waals surface area contributed by atoms with Crippen molar-refractivity contribution in [1.82, 2.24) is 0 Å². The largest absolute Gasteiger partial charge is 0.344 e. The number of aromatic nitrogens is 1. The van der Waals surface area contributed by atoms with Gasteiger partial charge in [-0.25, -0.2) is 4.57 Å². The average molecular weight is 350 g/mol. The third-order valence-corrected chi connectivity index (χ3v) is 7.95. The van der Waals surface area contributed by atoms with Gasteiger partial charge in [-0.05, 0) is 18.9 Å². The van der Waals surface area contributed by atoms with Gasteiger partial charge in [-0.3, -0.25) is 9.13 Å². The topological polar surface area (TPSA) is 98.7 Å². The minimum atomic E-state index is -4.64. The Kier molecular flexibility index (Phi) is 7.43. The summed E-state index contributed by atoms with van der Waals surface area (Å²) in [4.78, 5) is 28.2. The first-order valence-electron chi connectivity index (χ1n) is 7.47. The SMILES string of the molecule is CCCCCCc1ccc[n+](CC(P(C)(=O)O)P(=O)(O)O)c1. The Morgan fingerprint density at radius 1 is 1.18 bits per heavy atom. The molecule has 8 heteroatoms. The van der Waals surface area contributed by atoms with Crippen LogP contribution in [0.5, 0.6) is 0 Å². The van der Waals surface area contributed by atoms with Crippen molar-refractivity contribution in [1.29, 1.82) is 0 Å². The fourth-order valence-electron chi connectivity index (χ4n) is 2.32. The Balaban J connectivity index is 2.80. The van der Waals surface area contributed by atoms with E-state index < -0.39 is 20.4 Å². The van der Waals surface area contributed by atoms with Crippen LogP contribution in [-0.4, -0.2) is 26.7 Å². The minimum Gasteiger partial charge on any atom is -0.344 e. The maximum absolute atomic E-state index is 11.7. The van der Waals surface area contributed by atoms with Crippen molar-refractivity contribution < 1.29 is 28.4 Å². The van der Waals surface area contributed by atoms with Gasteiger partial charge in [0, 0.05) is 18.3 Å². The number of aryl methyl sites for hydroxylation is 1. The quantitative estimate of drug-likeness (QED) is 0.361. The summed E-state index contributed by atoms with van der Waals surface area (Å²) >= 11 is 0. The second-order valence-corrected chi connectivity index (χ2v) is 10.5. The Bertz CT molecular complexity index is 544. The number of hydrogen-bond acceptors (Lipinski definition) is 2. The minimum absolute atomic E-state index is 0.169. The van der Waals surface area contributed by atoms with E-state index in [0.717, 1.165) is 31.5 Å². The van der Waals surface area contributed by atoms with Crippen molar-refractivity contribution in [2.45, 2.75) is 51.0 Å². The van der Waals surface area contributed by atoms with Gasteiger partial charge in [0.15, 0.2) is 24.3 Å². The van der Waals surface area contributed by atoms with Crippen molar-refractivity contribution in [3.8, 4) is 0 Å². The molecule has 1 heterocycles.